The van der Waals surface area contributed by atoms with Crippen LogP contribution in [0.2, 0.25) is 0 Å². The van der Waals surface area contributed by atoms with Crippen LogP contribution in [0.5, 0.6) is 0 Å². The predicted molar refractivity (Wildman–Crippen MR) is 202 cm³/mol. The monoisotopic (exact) mass is 617 g/mol. The third kappa shape index (κ3) is 4.17. The number of benzene rings is 8. The summed E-state index contributed by atoms with van der Waals surface area (Å²) in [5.74, 6) is 0. The zero-order valence-corrected chi connectivity index (χ0v) is 26.2. The molecule has 0 unspecified atom stereocenters. The lowest BCUT2D eigenvalue weighted by Crippen LogP contribution is -2.10. The summed E-state index contributed by atoms with van der Waals surface area (Å²) in [7, 11) is 0. The van der Waals surface area contributed by atoms with Crippen molar-refractivity contribution in [2.24, 2.45) is 0 Å². The van der Waals surface area contributed by atoms with Gasteiger partial charge in [-0.2, -0.15) is 0 Å². The van der Waals surface area contributed by atoms with E-state index in [4.69, 9.17) is 4.42 Å². The predicted octanol–water partition coefficient (Wildman–Crippen LogP) is 13.4. The van der Waals surface area contributed by atoms with Crippen LogP contribution in [0.15, 0.2) is 168 Å². The van der Waals surface area contributed by atoms with E-state index in [0.717, 1.165) is 33.3 Å². The smallest absolute Gasteiger partial charge is 0.136 e. The van der Waals surface area contributed by atoms with Crippen LogP contribution in [0.3, 0.4) is 0 Å². The lowest BCUT2D eigenvalue weighted by Gasteiger charge is -2.27. The molecule has 47 heavy (non-hydrogen) atoms. The standard InChI is InChI=1S/C44H27NOS/c1-2-9-28(10-3-1)29-19-21-32(22-20-29)45(39-13-8-16-43-44(39)36-12-5-7-15-42(36)47-43)33-23-24-34-30(25-33)17-18-31-26-41-38(27-37(31)34)35-11-4-6-14-40(35)46-41/h1-27H. The van der Waals surface area contributed by atoms with Crippen LogP contribution in [0, 0.1) is 0 Å². The number of nitrogens with zero attached hydrogens (tertiary/aromatic N) is 1. The number of para-hydroxylation sites is 1. The molecule has 0 spiro atoms. The number of anilines is 3. The van der Waals surface area contributed by atoms with Gasteiger partial charge in [-0.15, -0.1) is 11.3 Å². The zero-order chi connectivity index (χ0) is 30.9. The van der Waals surface area contributed by atoms with Crippen molar-refractivity contribution in [2.45, 2.75) is 0 Å². The van der Waals surface area contributed by atoms with Gasteiger partial charge >= 0.3 is 0 Å². The van der Waals surface area contributed by atoms with E-state index in [2.05, 4.69) is 157 Å². The highest BCUT2D eigenvalue weighted by molar-refractivity contribution is 7.26. The molecule has 10 aromatic rings. The van der Waals surface area contributed by atoms with Gasteiger partial charge in [0, 0.05) is 42.3 Å². The number of fused-ring (bicyclic) bond motifs is 9. The third-order valence-corrected chi connectivity index (χ3v) is 10.6. The molecule has 10 rings (SSSR count). The van der Waals surface area contributed by atoms with Crippen molar-refractivity contribution < 1.29 is 4.42 Å². The van der Waals surface area contributed by atoms with Gasteiger partial charge in [0.15, 0.2) is 0 Å². The average Bonchev–Trinajstić information content (AvgIpc) is 3.70. The van der Waals surface area contributed by atoms with E-state index in [1.807, 2.05) is 23.5 Å². The molecule has 2 nitrogen and oxygen atoms in total. The second-order valence-electron chi connectivity index (χ2n) is 12.1. The molecule has 0 aliphatic carbocycles. The molecule has 0 bridgehead atoms. The van der Waals surface area contributed by atoms with Crippen LogP contribution < -0.4 is 4.90 Å². The summed E-state index contributed by atoms with van der Waals surface area (Å²) in [6, 6.07) is 59.1. The molecule has 0 radical (unpaired) electrons. The number of hydrogen-bond donors (Lipinski definition) is 0. The average molecular weight is 618 g/mol. The molecular formula is C44H27NOS. The Morgan fingerprint density at radius 2 is 1.11 bits per heavy atom. The highest BCUT2D eigenvalue weighted by Crippen LogP contribution is 2.46. The Bertz CT molecular complexity index is 2790. The van der Waals surface area contributed by atoms with Crippen molar-refractivity contribution in [3.05, 3.63) is 164 Å². The molecule has 3 heteroatoms. The Balaban J connectivity index is 1.19. The maximum absolute atomic E-state index is 6.21. The van der Waals surface area contributed by atoms with Crippen LogP contribution in [0.1, 0.15) is 0 Å². The fourth-order valence-corrected chi connectivity index (χ4v) is 8.34. The lowest BCUT2D eigenvalue weighted by atomic mass is 9.98. The minimum absolute atomic E-state index is 0.924. The molecule has 0 N–H and O–H groups in total. The fraction of sp³-hybridized carbons (Fsp3) is 0. The highest BCUT2D eigenvalue weighted by Gasteiger charge is 2.19. The summed E-state index contributed by atoms with van der Waals surface area (Å²) < 4.78 is 8.80. The van der Waals surface area contributed by atoms with Crippen LogP contribution >= 0.6 is 11.3 Å². The van der Waals surface area contributed by atoms with Crippen molar-refractivity contribution in [1.29, 1.82) is 0 Å². The summed E-state index contributed by atoms with van der Waals surface area (Å²) in [5.41, 5.74) is 7.70. The SMILES string of the molecule is c1ccc(-c2ccc(N(c3ccc4c(ccc5cc6oc7ccccc7c6cc54)c3)c3cccc4sc5ccccc5c34)cc2)cc1. The van der Waals surface area contributed by atoms with Gasteiger partial charge in [-0.05, 0) is 93.3 Å². The summed E-state index contributed by atoms with van der Waals surface area (Å²) in [5, 5.41) is 9.73. The van der Waals surface area contributed by atoms with Gasteiger partial charge in [0.2, 0.25) is 0 Å². The van der Waals surface area contributed by atoms with Crippen LogP contribution in [0.4, 0.5) is 17.1 Å². The maximum Gasteiger partial charge on any atom is 0.136 e. The molecule has 220 valence electrons. The zero-order valence-electron chi connectivity index (χ0n) is 25.4. The van der Waals surface area contributed by atoms with Gasteiger partial charge in [-0.1, -0.05) is 103 Å². The van der Waals surface area contributed by atoms with Crippen LogP contribution in [-0.2, 0) is 0 Å². The first-order valence-electron chi connectivity index (χ1n) is 15.9. The largest absolute Gasteiger partial charge is 0.456 e. The Labute approximate surface area is 275 Å². The second kappa shape index (κ2) is 10.3. The summed E-state index contributed by atoms with van der Waals surface area (Å²) >= 11 is 1.86. The van der Waals surface area contributed by atoms with Gasteiger partial charge in [0.25, 0.3) is 0 Å². The van der Waals surface area contributed by atoms with Crippen molar-refractivity contribution >= 4 is 92.1 Å². The van der Waals surface area contributed by atoms with Crippen LogP contribution in [0.25, 0.3) is 74.8 Å². The van der Waals surface area contributed by atoms with Gasteiger partial charge in [-0.3, -0.25) is 0 Å². The van der Waals surface area contributed by atoms with Crippen molar-refractivity contribution in [3.63, 3.8) is 0 Å². The topological polar surface area (TPSA) is 16.4 Å². The Kier molecular flexibility index (Phi) is 5.78. The molecule has 0 saturated heterocycles. The number of hydrogen-bond acceptors (Lipinski definition) is 3. The molecule has 8 aromatic carbocycles. The minimum atomic E-state index is 0.924. The van der Waals surface area contributed by atoms with E-state index in [0.29, 0.717) is 0 Å². The van der Waals surface area contributed by atoms with Crippen molar-refractivity contribution in [3.8, 4) is 11.1 Å². The van der Waals surface area contributed by atoms with E-state index in [1.54, 1.807) is 0 Å². The van der Waals surface area contributed by atoms with Crippen LogP contribution in [-0.4, -0.2) is 0 Å². The fourth-order valence-electron chi connectivity index (χ4n) is 7.21. The molecule has 2 heterocycles. The first-order chi connectivity index (χ1) is 23.3. The summed E-state index contributed by atoms with van der Waals surface area (Å²) in [4.78, 5) is 2.42. The van der Waals surface area contributed by atoms with E-state index in [9.17, 15) is 0 Å². The Hall–Kier alpha value is -5.90. The quantitative estimate of drug-likeness (QED) is 0.183. The molecule has 0 aliphatic heterocycles. The first-order valence-corrected chi connectivity index (χ1v) is 16.7. The maximum atomic E-state index is 6.21. The summed E-state index contributed by atoms with van der Waals surface area (Å²) in [6.07, 6.45) is 0. The Morgan fingerprint density at radius 1 is 0.404 bits per heavy atom. The molecule has 0 fully saturated rings. The number of furan rings is 1. The van der Waals surface area contributed by atoms with E-state index in [-0.39, 0.29) is 0 Å². The van der Waals surface area contributed by atoms with Gasteiger partial charge in [0.1, 0.15) is 11.2 Å². The van der Waals surface area contributed by atoms with Gasteiger partial charge in [0.05, 0.1) is 5.69 Å². The molecule has 2 aromatic heterocycles. The van der Waals surface area contributed by atoms with Gasteiger partial charge in [-0.25, -0.2) is 0 Å². The van der Waals surface area contributed by atoms with E-state index in [1.165, 1.54) is 58.5 Å². The Morgan fingerprint density at radius 3 is 1.98 bits per heavy atom. The molecule has 0 atom stereocenters. The third-order valence-electron chi connectivity index (χ3n) is 9.43. The second-order valence-corrected chi connectivity index (χ2v) is 13.2. The molecular weight excluding hydrogens is 591 g/mol. The minimum Gasteiger partial charge on any atom is -0.456 e. The highest BCUT2D eigenvalue weighted by atomic mass is 32.1. The first kappa shape index (κ1) is 26.3. The van der Waals surface area contributed by atoms with E-state index >= 15 is 0 Å². The van der Waals surface area contributed by atoms with Gasteiger partial charge < -0.3 is 9.32 Å². The molecule has 0 saturated carbocycles. The normalized spacial score (nSPS) is 11.8. The molecule has 0 aliphatic rings. The van der Waals surface area contributed by atoms with E-state index < -0.39 is 0 Å². The summed E-state index contributed by atoms with van der Waals surface area (Å²) in [6.45, 7) is 0. The molecule has 0 amide bonds. The van der Waals surface area contributed by atoms with Crippen molar-refractivity contribution in [2.75, 3.05) is 4.90 Å². The number of thiophene rings is 1. The lowest BCUT2D eigenvalue weighted by molar-refractivity contribution is 0.669. The number of rotatable bonds is 4. The van der Waals surface area contributed by atoms with Crippen molar-refractivity contribution in [1.82, 2.24) is 0 Å².